The number of aliphatic hydroxyl groups is 1. The summed E-state index contributed by atoms with van der Waals surface area (Å²) in [5, 5.41) is 21.5. The fraction of sp³-hybridized carbons (Fsp3) is 0.200. The molecule has 0 saturated heterocycles. The monoisotopic (exact) mass is 224 g/mol. The van der Waals surface area contributed by atoms with Gasteiger partial charge in [-0.2, -0.15) is 0 Å². The molecule has 0 bridgehead atoms. The van der Waals surface area contributed by atoms with Gasteiger partial charge < -0.3 is 20.8 Å². The van der Waals surface area contributed by atoms with Gasteiger partial charge in [0, 0.05) is 5.69 Å². The average molecular weight is 224 g/mol. The zero-order valence-electron chi connectivity index (χ0n) is 8.43. The topological polar surface area (TPSA) is 98.7 Å². The molecular formula is C10H12N2O4. The van der Waals surface area contributed by atoms with Crippen LogP contribution in [0.5, 0.6) is 0 Å². The molecular weight excluding hydrogens is 212 g/mol. The van der Waals surface area contributed by atoms with Gasteiger partial charge in [0.05, 0.1) is 6.61 Å². The van der Waals surface area contributed by atoms with Crippen molar-refractivity contribution in [2.75, 3.05) is 11.9 Å². The number of carbonyl (C=O) groups excluding carboxylic acids is 1. The summed E-state index contributed by atoms with van der Waals surface area (Å²) in [5.41, 5.74) is 1.29. The van der Waals surface area contributed by atoms with Crippen LogP contribution in [0.4, 0.5) is 10.5 Å². The Bertz CT molecular complexity index is 375. The molecule has 0 unspecified atom stereocenters. The number of aliphatic hydroxyl groups excluding tert-OH is 1. The Balaban J connectivity index is 2.46. The van der Waals surface area contributed by atoms with E-state index in [4.69, 9.17) is 10.2 Å². The minimum atomic E-state index is -1.24. The Morgan fingerprint density at radius 2 is 1.81 bits per heavy atom. The third-order valence-electron chi connectivity index (χ3n) is 1.82. The summed E-state index contributed by atoms with van der Waals surface area (Å²) in [6.07, 6.45) is -1.24. The molecule has 0 aromatic heterocycles. The van der Waals surface area contributed by atoms with E-state index in [-0.39, 0.29) is 13.2 Å². The molecule has 0 aliphatic carbocycles. The molecule has 0 aliphatic heterocycles. The van der Waals surface area contributed by atoms with Crippen molar-refractivity contribution in [2.45, 2.75) is 6.61 Å². The Kier molecular flexibility index (Phi) is 4.28. The molecule has 2 amide bonds. The van der Waals surface area contributed by atoms with Crippen molar-refractivity contribution in [3.05, 3.63) is 29.8 Å². The largest absolute Gasteiger partial charge is 0.465 e. The minimum Gasteiger partial charge on any atom is -0.465 e. The van der Waals surface area contributed by atoms with E-state index >= 15 is 0 Å². The molecule has 16 heavy (non-hydrogen) atoms. The summed E-state index contributed by atoms with van der Waals surface area (Å²) >= 11 is 0. The van der Waals surface area contributed by atoms with E-state index in [0.717, 1.165) is 5.56 Å². The first-order valence-electron chi connectivity index (χ1n) is 4.58. The van der Waals surface area contributed by atoms with Gasteiger partial charge in [-0.3, -0.25) is 4.79 Å². The van der Waals surface area contributed by atoms with E-state index in [1.54, 1.807) is 24.3 Å². The Labute approximate surface area is 91.9 Å². The summed E-state index contributed by atoms with van der Waals surface area (Å²) in [4.78, 5) is 21.3. The molecule has 0 spiro atoms. The number of nitrogens with one attached hydrogen (secondary N) is 2. The maximum atomic E-state index is 11.2. The van der Waals surface area contributed by atoms with Crippen LogP contribution in [0.3, 0.4) is 0 Å². The number of rotatable bonds is 4. The van der Waals surface area contributed by atoms with Crippen molar-refractivity contribution in [1.29, 1.82) is 0 Å². The lowest BCUT2D eigenvalue weighted by Gasteiger charge is -2.05. The van der Waals surface area contributed by atoms with Crippen LogP contribution >= 0.6 is 0 Å². The van der Waals surface area contributed by atoms with Crippen LogP contribution in [0.2, 0.25) is 0 Å². The smallest absolute Gasteiger partial charge is 0.405 e. The highest BCUT2D eigenvalue weighted by atomic mass is 16.4. The quantitative estimate of drug-likeness (QED) is 0.594. The lowest BCUT2D eigenvalue weighted by molar-refractivity contribution is -0.115. The van der Waals surface area contributed by atoms with Gasteiger partial charge in [-0.05, 0) is 17.7 Å². The second-order valence-corrected chi connectivity index (χ2v) is 3.06. The molecule has 0 atom stereocenters. The molecule has 86 valence electrons. The lowest BCUT2D eigenvalue weighted by atomic mass is 10.2. The van der Waals surface area contributed by atoms with Crippen LogP contribution in [-0.4, -0.2) is 28.8 Å². The first-order chi connectivity index (χ1) is 7.61. The lowest BCUT2D eigenvalue weighted by Crippen LogP contribution is -2.31. The van der Waals surface area contributed by atoms with E-state index in [0.29, 0.717) is 5.69 Å². The Morgan fingerprint density at radius 3 is 2.31 bits per heavy atom. The number of hydrogen-bond donors (Lipinski definition) is 4. The van der Waals surface area contributed by atoms with E-state index in [9.17, 15) is 9.59 Å². The first-order valence-corrected chi connectivity index (χ1v) is 4.58. The molecule has 0 saturated carbocycles. The van der Waals surface area contributed by atoms with Crippen LogP contribution in [0.1, 0.15) is 5.56 Å². The van der Waals surface area contributed by atoms with Crippen molar-refractivity contribution in [3.8, 4) is 0 Å². The predicted molar refractivity (Wildman–Crippen MR) is 57.0 cm³/mol. The molecule has 0 aliphatic rings. The molecule has 0 fully saturated rings. The summed E-state index contributed by atoms with van der Waals surface area (Å²) < 4.78 is 0. The van der Waals surface area contributed by atoms with Crippen LogP contribution < -0.4 is 10.6 Å². The third-order valence-corrected chi connectivity index (χ3v) is 1.82. The highest BCUT2D eigenvalue weighted by Gasteiger charge is 2.03. The first kappa shape index (κ1) is 12.0. The number of hydrogen-bond acceptors (Lipinski definition) is 3. The predicted octanol–water partition coefficient (Wildman–Crippen LogP) is 0.385. The van der Waals surface area contributed by atoms with Crippen LogP contribution in [0, 0.1) is 0 Å². The summed E-state index contributed by atoms with van der Waals surface area (Å²) in [6, 6.07) is 6.59. The van der Waals surface area contributed by atoms with Gasteiger partial charge in [0.25, 0.3) is 0 Å². The Morgan fingerprint density at radius 1 is 1.19 bits per heavy atom. The van der Waals surface area contributed by atoms with Crippen LogP contribution in [0.25, 0.3) is 0 Å². The zero-order valence-corrected chi connectivity index (χ0v) is 8.43. The highest BCUT2D eigenvalue weighted by molar-refractivity contribution is 5.93. The van der Waals surface area contributed by atoms with Gasteiger partial charge in [-0.15, -0.1) is 0 Å². The van der Waals surface area contributed by atoms with Crippen molar-refractivity contribution in [1.82, 2.24) is 5.32 Å². The maximum absolute atomic E-state index is 11.2. The Hall–Kier alpha value is -2.08. The molecule has 1 aromatic carbocycles. The molecule has 6 nitrogen and oxygen atoms in total. The number of anilines is 1. The van der Waals surface area contributed by atoms with Crippen molar-refractivity contribution < 1.29 is 19.8 Å². The summed E-state index contributed by atoms with van der Waals surface area (Å²) in [5.74, 6) is -0.445. The van der Waals surface area contributed by atoms with Gasteiger partial charge in [0.2, 0.25) is 5.91 Å². The van der Waals surface area contributed by atoms with Crippen molar-refractivity contribution >= 4 is 17.7 Å². The van der Waals surface area contributed by atoms with Gasteiger partial charge in [0.1, 0.15) is 6.54 Å². The average Bonchev–Trinajstić information content (AvgIpc) is 2.27. The second kappa shape index (κ2) is 5.72. The van der Waals surface area contributed by atoms with Crippen LogP contribution in [-0.2, 0) is 11.4 Å². The highest BCUT2D eigenvalue weighted by Crippen LogP contribution is 2.08. The van der Waals surface area contributed by atoms with E-state index in [2.05, 4.69) is 5.32 Å². The normalized spacial score (nSPS) is 9.56. The van der Waals surface area contributed by atoms with Crippen molar-refractivity contribution in [2.24, 2.45) is 0 Å². The van der Waals surface area contributed by atoms with E-state index in [1.165, 1.54) is 0 Å². The number of benzene rings is 1. The molecule has 0 radical (unpaired) electrons. The molecule has 1 rings (SSSR count). The van der Waals surface area contributed by atoms with Crippen molar-refractivity contribution in [3.63, 3.8) is 0 Å². The maximum Gasteiger partial charge on any atom is 0.405 e. The number of carboxylic acid groups (broad SMARTS) is 1. The molecule has 1 aromatic rings. The van der Waals surface area contributed by atoms with E-state index < -0.39 is 12.0 Å². The van der Waals surface area contributed by atoms with Gasteiger partial charge in [-0.1, -0.05) is 12.1 Å². The number of carbonyl (C=O) groups is 2. The second-order valence-electron chi connectivity index (χ2n) is 3.06. The standard InChI is InChI=1S/C10H12N2O4/c13-6-7-1-3-8(4-2-7)12-9(14)5-11-10(15)16/h1-4,11,13H,5-6H2,(H,12,14)(H,15,16). The van der Waals surface area contributed by atoms with Gasteiger partial charge in [-0.25, -0.2) is 4.79 Å². The summed E-state index contributed by atoms with van der Waals surface area (Å²) in [7, 11) is 0. The fourth-order valence-corrected chi connectivity index (χ4v) is 1.05. The molecule has 6 heteroatoms. The van der Waals surface area contributed by atoms with Crippen LogP contribution in [0.15, 0.2) is 24.3 Å². The van der Waals surface area contributed by atoms with Gasteiger partial charge >= 0.3 is 6.09 Å². The SMILES string of the molecule is O=C(O)NCC(=O)Nc1ccc(CO)cc1. The molecule has 4 N–H and O–H groups in total. The third kappa shape index (κ3) is 3.97. The van der Waals surface area contributed by atoms with Gasteiger partial charge in [0.15, 0.2) is 0 Å². The zero-order chi connectivity index (χ0) is 12.0. The number of amides is 2. The fourth-order valence-electron chi connectivity index (χ4n) is 1.05. The molecule has 0 heterocycles. The minimum absolute atomic E-state index is 0.0607. The summed E-state index contributed by atoms with van der Waals surface area (Å²) in [6.45, 7) is -0.355. The van der Waals surface area contributed by atoms with E-state index in [1.807, 2.05) is 5.32 Å².